The molecule has 0 amide bonds. The van der Waals surface area contributed by atoms with Crippen molar-refractivity contribution >= 4 is 27.7 Å². The fourth-order valence-corrected chi connectivity index (χ4v) is 3.10. The summed E-state index contributed by atoms with van der Waals surface area (Å²) in [5.74, 6) is -0.680. The number of carbonyl (C=O) groups excluding carboxylic acids is 2. The van der Waals surface area contributed by atoms with Crippen molar-refractivity contribution < 1.29 is 24.5 Å². The minimum Gasteiger partial charge on any atom is -0.469 e. The van der Waals surface area contributed by atoms with Gasteiger partial charge in [-0.25, -0.2) is 0 Å². The van der Waals surface area contributed by atoms with Gasteiger partial charge in [0.2, 0.25) is 0 Å². The predicted molar refractivity (Wildman–Crippen MR) is 109 cm³/mol. The molecule has 148 valence electrons. The molecule has 0 unspecified atom stereocenters. The van der Waals surface area contributed by atoms with Crippen LogP contribution in [0.1, 0.15) is 39.0 Å². The van der Waals surface area contributed by atoms with E-state index in [2.05, 4.69) is 33.7 Å². The van der Waals surface area contributed by atoms with E-state index in [1.807, 2.05) is 18.2 Å². The number of Topliss-reactive ketones (excluding diaryl/α,β-unsaturated/α-hetero) is 1. The van der Waals surface area contributed by atoms with Crippen molar-refractivity contribution in [2.75, 3.05) is 7.11 Å². The molecule has 0 heterocycles. The van der Waals surface area contributed by atoms with Crippen LogP contribution in [-0.2, 0) is 14.3 Å². The van der Waals surface area contributed by atoms with Crippen LogP contribution in [0.15, 0.2) is 58.7 Å². The summed E-state index contributed by atoms with van der Waals surface area (Å²) in [4.78, 5) is 23.4. The summed E-state index contributed by atoms with van der Waals surface area (Å²) in [5, 5.41) is 20.7. The average molecular weight is 439 g/mol. The Hall–Kier alpha value is -1.76. The molecule has 0 aromatic rings. The molecule has 27 heavy (non-hydrogen) atoms. The Bertz CT molecular complexity index is 672. The SMILES string of the molecule is CC/C=C\C/C=C\C[C@@]1(O)C=C(Br)C(=O)C1=C/C=C/[C@@H](O)CCC(=O)OC. The largest absolute Gasteiger partial charge is 0.469 e. The highest BCUT2D eigenvalue weighted by Gasteiger charge is 2.39. The quantitative estimate of drug-likeness (QED) is 0.308. The lowest BCUT2D eigenvalue weighted by atomic mass is 9.92. The molecule has 1 aliphatic rings. The molecular formula is C21H27BrO5. The molecule has 0 radical (unpaired) electrons. The summed E-state index contributed by atoms with van der Waals surface area (Å²) >= 11 is 3.18. The van der Waals surface area contributed by atoms with E-state index in [0.29, 0.717) is 4.48 Å². The van der Waals surface area contributed by atoms with Gasteiger partial charge in [-0.05, 0) is 41.3 Å². The molecule has 0 saturated heterocycles. The molecular weight excluding hydrogens is 412 g/mol. The van der Waals surface area contributed by atoms with Crippen LogP contribution >= 0.6 is 15.9 Å². The van der Waals surface area contributed by atoms with Gasteiger partial charge in [0, 0.05) is 18.4 Å². The number of carbonyl (C=O) groups is 2. The van der Waals surface area contributed by atoms with Gasteiger partial charge in [-0.2, -0.15) is 0 Å². The summed E-state index contributed by atoms with van der Waals surface area (Å²) in [6.07, 6.45) is 15.4. The van der Waals surface area contributed by atoms with Crippen molar-refractivity contribution in [3.8, 4) is 0 Å². The molecule has 0 aromatic carbocycles. The molecule has 2 N–H and O–H groups in total. The van der Waals surface area contributed by atoms with Crippen molar-refractivity contribution in [1.82, 2.24) is 0 Å². The Morgan fingerprint density at radius 3 is 2.70 bits per heavy atom. The number of ether oxygens (including phenoxy) is 1. The van der Waals surface area contributed by atoms with Gasteiger partial charge in [-0.15, -0.1) is 0 Å². The molecule has 0 aromatic heterocycles. The number of aliphatic hydroxyl groups is 2. The number of ketones is 1. The van der Waals surface area contributed by atoms with Crippen molar-refractivity contribution in [1.29, 1.82) is 0 Å². The maximum atomic E-state index is 12.3. The number of esters is 1. The van der Waals surface area contributed by atoms with Gasteiger partial charge >= 0.3 is 5.97 Å². The Morgan fingerprint density at radius 1 is 1.33 bits per heavy atom. The van der Waals surface area contributed by atoms with E-state index in [0.717, 1.165) is 12.8 Å². The maximum absolute atomic E-state index is 12.3. The molecule has 0 saturated carbocycles. The number of methoxy groups -OCH3 is 1. The zero-order valence-corrected chi connectivity index (χ0v) is 17.3. The van der Waals surface area contributed by atoms with Crippen LogP contribution in [0.2, 0.25) is 0 Å². The van der Waals surface area contributed by atoms with Gasteiger partial charge in [-0.3, -0.25) is 9.59 Å². The number of allylic oxidation sites excluding steroid dienone is 6. The first-order chi connectivity index (χ1) is 12.8. The summed E-state index contributed by atoms with van der Waals surface area (Å²) in [5.41, 5.74) is -1.15. The van der Waals surface area contributed by atoms with Crippen LogP contribution in [0, 0.1) is 0 Å². The smallest absolute Gasteiger partial charge is 0.305 e. The average Bonchev–Trinajstić information content (AvgIpc) is 2.85. The van der Waals surface area contributed by atoms with Crippen molar-refractivity contribution in [2.24, 2.45) is 0 Å². The summed E-state index contributed by atoms with van der Waals surface area (Å²) in [6, 6.07) is 0. The Labute approximate surface area is 168 Å². The summed E-state index contributed by atoms with van der Waals surface area (Å²) < 4.78 is 4.84. The van der Waals surface area contributed by atoms with Crippen LogP contribution in [0.5, 0.6) is 0 Å². The van der Waals surface area contributed by atoms with Gasteiger partial charge in [0.05, 0.1) is 17.7 Å². The molecule has 2 atom stereocenters. The first kappa shape index (κ1) is 23.3. The standard InChI is InChI=1S/C21H27BrO5/c1-3-4-5-6-7-8-14-21(26)15-18(22)20(25)17(21)11-9-10-16(23)12-13-19(24)27-2/h4-5,7-11,15-16,23,26H,3,6,12-14H2,1-2H3/b5-4-,8-7-,10-9+,17-11?/t16-,21-/m1/s1. The van der Waals surface area contributed by atoms with Crippen molar-refractivity contribution in [3.63, 3.8) is 0 Å². The van der Waals surface area contributed by atoms with Gasteiger partial charge in [0.25, 0.3) is 0 Å². The third kappa shape index (κ3) is 7.79. The van der Waals surface area contributed by atoms with Gasteiger partial charge in [0.15, 0.2) is 5.78 Å². The van der Waals surface area contributed by atoms with Crippen LogP contribution in [-0.4, -0.2) is 40.8 Å². The number of rotatable bonds is 10. The van der Waals surface area contributed by atoms with Crippen molar-refractivity contribution in [3.05, 3.63) is 58.7 Å². The minimum absolute atomic E-state index is 0.103. The van der Waals surface area contributed by atoms with Gasteiger partial charge in [-0.1, -0.05) is 49.5 Å². The van der Waals surface area contributed by atoms with Crippen LogP contribution in [0.4, 0.5) is 0 Å². The van der Waals surface area contributed by atoms with E-state index in [4.69, 9.17) is 0 Å². The molecule has 1 aliphatic carbocycles. The Kier molecular flexibility index (Phi) is 10.2. The second-order valence-corrected chi connectivity index (χ2v) is 7.04. The van der Waals surface area contributed by atoms with Crippen LogP contribution in [0.3, 0.4) is 0 Å². The molecule has 0 spiro atoms. The lowest BCUT2D eigenvalue weighted by molar-refractivity contribution is -0.141. The van der Waals surface area contributed by atoms with E-state index in [1.165, 1.54) is 31.4 Å². The van der Waals surface area contributed by atoms with Crippen LogP contribution < -0.4 is 0 Å². The second kappa shape index (κ2) is 11.8. The van der Waals surface area contributed by atoms with Crippen LogP contribution in [0.25, 0.3) is 0 Å². The van der Waals surface area contributed by atoms with E-state index in [9.17, 15) is 19.8 Å². The number of hydrogen-bond donors (Lipinski definition) is 2. The fraction of sp³-hybridized carbons (Fsp3) is 0.429. The van der Waals surface area contributed by atoms with E-state index in [-0.39, 0.29) is 30.6 Å². The zero-order chi connectivity index (χ0) is 20.3. The summed E-state index contributed by atoms with van der Waals surface area (Å²) in [7, 11) is 1.29. The van der Waals surface area contributed by atoms with E-state index in [1.54, 1.807) is 0 Å². The molecule has 0 aliphatic heterocycles. The monoisotopic (exact) mass is 438 g/mol. The van der Waals surface area contributed by atoms with Gasteiger partial charge < -0.3 is 14.9 Å². The highest BCUT2D eigenvalue weighted by atomic mass is 79.9. The van der Waals surface area contributed by atoms with Crippen molar-refractivity contribution in [2.45, 2.75) is 50.7 Å². The normalized spacial score (nSPS) is 23.1. The van der Waals surface area contributed by atoms with E-state index >= 15 is 0 Å². The Morgan fingerprint density at radius 2 is 2.04 bits per heavy atom. The van der Waals surface area contributed by atoms with Gasteiger partial charge in [0.1, 0.15) is 5.60 Å². The minimum atomic E-state index is -1.39. The third-order valence-electron chi connectivity index (χ3n) is 4.03. The lowest BCUT2D eigenvalue weighted by Gasteiger charge is -2.20. The molecule has 6 heteroatoms. The molecule has 0 bridgehead atoms. The lowest BCUT2D eigenvalue weighted by Crippen LogP contribution is -2.27. The molecule has 1 rings (SSSR count). The molecule has 0 fully saturated rings. The maximum Gasteiger partial charge on any atom is 0.305 e. The molecule has 5 nitrogen and oxygen atoms in total. The highest BCUT2D eigenvalue weighted by Crippen LogP contribution is 2.36. The zero-order valence-electron chi connectivity index (χ0n) is 15.7. The second-order valence-electron chi connectivity index (χ2n) is 6.18. The Balaban J connectivity index is 2.75. The topological polar surface area (TPSA) is 83.8 Å². The third-order valence-corrected chi connectivity index (χ3v) is 4.62. The number of halogens is 1. The predicted octanol–water partition coefficient (Wildman–Crippen LogP) is 3.68. The summed E-state index contributed by atoms with van der Waals surface area (Å²) in [6.45, 7) is 2.06. The van der Waals surface area contributed by atoms with E-state index < -0.39 is 17.7 Å². The first-order valence-corrected chi connectivity index (χ1v) is 9.72. The first-order valence-electron chi connectivity index (χ1n) is 8.93. The number of hydrogen-bond acceptors (Lipinski definition) is 5. The fourth-order valence-electron chi connectivity index (χ4n) is 2.51. The number of aliphatic hydroxyl groups excluding tert-OH is 1. The highest BCUT2D eigenvalue weighted by molar-refractivity contribution is 9.12.